The van der Waals surface area contributed by atoms with Crippen LogP contribution in [0.15, 0.2) is 0 Å². The summed E-state index contributed by atoms with van der Waals surface area (Å²) in [5.41, 5.74) is 0. The number of hydrogen-bond donors (Lipinski definition) is 2. The molecule has 0 unspecified atom stereocenters. The fourth-order valence-electron chi connectivity index (χ4n) is 3.05. The summed E-state index contributed by atoms with van der Waals surface area (Å²) in [7, 11) is 0. The lowest BCUT2D eigenvalue weighted by molar-refractivity contribution is -0.130. The summed E-state index contributed by atoms with van der Waals surface area (Å²) in [6.45, 7) is 9.07. The first-order valence-corrected chi connectivity index (χ1v) is 12.5. The first kappa shape index (κ1) is 32.8. The Morgan fingerprint density at radius 1 is 0.743 bits per heavy atom. The minimum absolute atomic E-state index is 0.0341. The van der Waals surface area contributed by atoms with E-state index < -0.39 is 0 Å². The number of unbranched alkanes of at least 4 members (excludes halogenated alkanes) is 1. The molecule has 0 saturated carbocycles. The predicted octanol–water partition coefficient (Wildman–Crippen LogP) is 1.63. The molecule has 202 valence electrons. The second-order valence-corrected chi connectivity index (χ2v) is 8.69. The molecule has 0 spiro atoms. The zero-order valence-corrected chi connectivity index (χ0v) is 21.8. The Morgan fingerprint density at radius 2 is 1.37 bits per heavy atom. The van der Waals surface area contributed by atoms with Gasteiger partial charge in [0, 0.05) is 50.8 Å². The van der Waals surface area contributed by atoms with Gasteiger partial charge in [-0.25, -0.2) is 0 Å². The minimum Gasteiger partial charge on any atom is -0.377 e. The molecule has 0 bridgehead atoms. The van der Waals surface area contributed by atoms with Crippen molar-refractivity contribution in [3.63, 3.8) is 0 Å². The van der Waals surface area contributed by atoms with Crippen LogP contribution >= 0.6 is 0 Å². The van der Waals surface area contributed by atoms with Gasteiger partial charge in [-0.1, -0.05) is 20.3 Å². The van der Waals surface area contributed by atoms with Crippen molar-refractivity contribution in [2.75, 3.05) is 52.7 Å². The van der Waals surface area contributed by atoms with Gasteiger partial charge in [-0.15, -0.1) is 0 Å². The summed E-state index contributed by atoms with van der Waals surface area (Å²) in [5.74, 6) is -0.963. The van der Waals surface area contributed by atoms with Gasteiger partial charge in [0.15, 0.2) is 0 Å². The summed E-state index contributed by atoms with van der Waals surface area (Å²) in [6, 6.07) is 0. The van der Waals surface area contributed by atoms with Gasteiger partial charge in [0.05, 0.1) is 19.8 Å². The molecule has 2 amide bonds. The van der Waals surface area contributed by atoms with E-state index in [2.05, 4.69) is 10.6 Å². The molecule has 10 heteroatoms. The first-order chi connectivity index (χ1) is 16.7. The molecule has 0 rings (SSSR count). The molecule has 0 aliphatic carbocycles. The number of rotatable bonds is 23. The highest BCUT2D eigenvalue weighted by Gasteiger charge is 2.22. The highest BCUT2D eigenvalue weighted by molar-refractivity contribution is 5.90. The zero-order chi connectivity index (χ0) is 26.5. The summed E-state index contributed by atoms with van der Waals surface area (Å²) >= 11 is 0. The van der Waals surface area contributed by atoms with E-state index in [1.807, 2.05) is 20.8 Å². The van der Waals surface area contributed by atoms with Crippen molar-refractivity contribution in [1.29, 1.82) is 0 Å². The topological polar surface area (TPSA) is 137 Å². The van der Waals surface area contributed by atoms with E-state index in [0.29, 0.717) is 52.2 Å². The Hall–Kier alpha value is -2.17. The number of carbonyl (C=O) groups excluding carboxylic acids is 5. The number of carbonyl (C=O) groups is 5. The smallest absolute Gasteiger partial charge is 0.246 e. The van der Waals surface area contributed by atoms with Gasteiger partial charge in [-0.3, -0.25) is 19.2 Å². The van der Waals surface area contributed by atoms with Crippen LogP contribution in [0.1, 0.15) is 66.2 Å². The number of ether oxygens (including phenoxy) is 3. The van der Waals surface area contributed by atoms with E-state index in [1.165, 1.54) is 6.92 Å². The minimum atomic E-state index is -0.374. The molecule has 0 radical (unpaired) electrons. The van der Waals surface area contributed by atoms with E-state index >= 15 is 0 Å². The Labute approximate surface area is 209 Å². The number of hydrogen-bond acceptors (Lipinski definition) is 8. The molecule has 0 aliphatic heterocycles. The first-order valence-electron chi connectivity index (χ1n) is 12.5. The molecule has 35 heavy (non-hydrogen) atoms. The van der Waals surface area contributed by atoms with E-state index in [1.54, 1.807) is 0 Å². The van der Waals surface area contributed by atoms with Gasteiger partial charge >= 0.3 is 0 Å². The van der Waals surface area contributed by atoms with Gasteiger partial charge in [0.25, 0.3) is 0 Å². The third-order valence-electron chi connectivity index (χ3n) is 5.18. The summed E-state index contributed by atoms with van der Waals surface area (Å²) < 4.78 is 15.6. The number of nitrogens with one attached hydrogen (secondary N) is 2. The van der Waals surface area contributed by atoms with Crippen molar-refractivity contribution in [3.05, 3.63) is 0 Å². The highest BCUT2D eigenvalue weighted by atomic mass is 16.5. The molecular formula is C25H44N2O8. The van der Waals surface area contributed by atoms with E-state index in [9.17, 15) is 24.0 Å². The quantitative estimate of drug-likeness (QED) is 0.202. The highest BCUT2D eigenvalue weighted by Crippen LogP contribution is 2.19. The Balaban J connectivity index is 3.91. The van der Waals surface area contributed by atoms with E-state index in [0.717, 1.165) is 0 Å². The van der Waals surface area contributed by atoms with Crippen molar-refractivity contribution >= 4 is 29.2 Å². The van der Waals surface area contributed by atoms with Crippen LogP contribution in [0.2, 0.25) is 0 Å². The monoisotopic (exact) mass is 500 g/mol. The van der Waals surface area contributed by atoms with Crippen molar-refractivity contribution in [3.8, 4) is 0 Å². The van der Waals surface area contributed by atoms with Gasteiger partial charge in [-0.05, 0) is 26.7 Å². The molecule has 1 atom stereocenters. The van der Waals surface area contributed by atoms with Crippen molar-refractivity contribution in [2.24, 2.45) is 11.8 Å². The summed E-state index contributed by atoms with van der Waals surface area (Å²) in [6.07, 6.45) is 2.51. The summed E-state index contributed by atoms with van der Waals surface area (Å²) in [5, 5.41) is 5.42. The SMILES string of the molecule is CCOCC(=O)NCCOCCOCC(=O)NCCCC[C@H](CC(=O)C(C)C)C(=O)CCC(C)=O. The van der Waals surface area contributed by atoms with Crippen LogP contribution in [0.4, 0.5) is 0 Å². The van der Waals surface area contributed by atoms with Crippen LogP contribution in [0.25, 0.3) is 0 Å². The molecule has 0 aromatic carbocycles. The van der Waals surface area contributed by atoms with Crippen LogP contribution in [-0.2, 0) is 38.2 Å². The molecule has 0 aliphatic rings. The lowest BCUT2D eigenvalue weighted by Crippen LogP contribution is -2.31. The number of Topliss-reactive ketones (excluding diaryl/α,β-unsaturated/α-hetero) is 3. The number of ketones is 3. The van der Waals surface area contributed by atoms with Crippen molar-refractivity contribution < 1.29 is 38.2 Å². The van der Waals surface area contributed by atoms with Crippen LogP contribution in [0, 0.1) is 11.8 Å². The van der Waals surface area contributed by atoms with Crippen LogP contribution in [-0.4, -0.2) is 81.9 Å². The molecule has 0 fully saturated rings. The van der Waals surface area contributed by atoms with E-state index in [4.69, 9.17) is 14.2 Å². The van der Waals surface area contributed by atoms with Gasteiger partial charge in [-0.2, -0.15) is 0 Å². The lowest BCUT2D eigenvalue weighted by atomic mass is 9.87. The Bertz CT molecular complexity index is 651. The standard InChI is InChI=1S/C25H44N2O8/c1-5-33-17-24(31)27-12-13-34-14-15-35-18-25(32)26-11-7-6-8-21(16-23(30)19(2)3)22(29)10-9-20(4)28/h19,21H,5-18H2,1-4H3,(H,26,32)(H,27,31)/t21-/m1/s1. The average molecular weight is 501 g/mol. The molecule has 0 aromatic heterocycles. The molecule has 0 saturated heterocycles. The maximum absolute atomic E-state index is 12.5. The maximum atomic E-state index is 12.5. The number of amides is 2. The molecular weight excluding hydrogens is 456 g/mol. The molecule has 2 N–H and O–H groups in total. The fourth-order valence-corrected chi connectivity index (χ4v) is 3.05. The second kappa shape index (κ2) is 21.1. The van der Waals surface area contributed by atoms with Crippen LogP contribution in [0.3, 0.4) is 0 Å². The van der Waals surface area contributed by atoms with Gasteiger partial charge in [0.2, 0.25) is 11.8 Å². The van der Waals surface area contributed by atoms with Crippen LogP contribution < -0.4 is 10.6 Å². The third kappa shape index (κ3) is 19.8. The normalized spacial score (nSPS) is 11.8. The van der Waals surface area contributed by atoms with Crippen molar-refractivity contribution in [1.82, 2.24) is 10.6 Å². The fraction of sp³-hybridized carbons (Fsp3) is 0.800. The van der Waals surface area contributed by atoms with Gasteiger partial charge < -0.3 is 29.6 Å². The summed E-state index contributed by atoms with van der Waals surface area (Å²) in [4.78, 5) is 58.9. The third-order valence-corrected chi connectivity index (χ3v) is 5.18. The lowest BCUT2D eigenvalue weighted by Gasteiger charge is -2.16. The average Bonchev–Trinajstić information content (AvgIpc) is 2.81. The predicted molar refractivity (Wildman–Crippen MR) is 131 cm³/mol. The molecule has 0 aromatic rings. The largest absolute Gasteiger partial charge is 0.377 e. The van der Waals surface area contributed by atoms with Gasteiger partial charge in [0.1, 0.15) is 30.6 Å². The Morgan fingerprint density at radius 3 is 2.00 bits per heavy atom. The molecule has 10 nitrogen and oxygen atoms in total. The van der Waals surface area contributed by atoms with Crippen LogP contribution in [0.5, 0.6) is 0 Å². The van der Waals surface area contributed by atoms with E-state index in [-0.39, 0.29) is 80.1 Å². The molecule has 0 heterocycles. The Kier molecular flexibility index (Phi) is 19.8. The van der Waals surface area contributed by atoms with Crippen molar-refractivity contribution in [2.45, 2.75) is 66.2 Å². The maximum Gasteiger partial charge on any atom is 0.246 e. The second-order valence-electron chi connectivity index (χ2n) is 8.69. The zero-order valence-electron chi connectivity index (χ0n) is 21.8.